The SMILES string of the molecule is NC1CCc2cccc(Cl)c21. The highest BCUT2D eigenvalue weighted by atomic mass is 35.5. The van der Waals surface area contributed by atoms with E-state index in [0.29, 0.717) is 0 Å². The van der Waals surface area contributed by atoms with Crippen LogP contribution in [0.4, 0.5) is 0 Å². The molecular weight excluding hydrogens is 158 g/mol. The lowest BCUT2D eigenvalue weighted by molar-refractivity contribution is 0.713. The molecule has 1 atom stereocenters. The van der Waals surface area contributed by atoms with Gasteiger partial charge in [-0.15, -0.1) is 0 Å². The predicted molar refractivity (Wildman–Crippen MR) is 46.7 cm³/mol. The minimum atomic E-state index is 0.165. The highest BCUT2D eigenvalue weighted by molar-refractivity contribution is 6.31. The highest BCUT2D eigenvalue weighted by Crippen LogP contribution is 2.34. The fraction of sp³-hybridized carbons (Fsp3) is 0.333. The molecule has 2 N–H and O–H groups in total. The first-order valence-corrected chi connectivity index (χ1v) is 4.19. The van der Waals surface area contributed by atoms with Crippen molar-refractivity contribution in [1.29, 1.82) is 0 Å². The van der Waals surface area contributed by atoms with Crippen molar-refractivity contribution in [1.82, 2.24) is 0 Å². The summed E-state index contributed by atoms with van der Waals surface area (Å²) in [6, 6.07) is 6.16. The van der Waals surface area contributed by atoms with Crippen LogP contribution in [0.3, 0.4) is 0 Å². The smallest absolute Gasteiger partial charge is 0.0456 e. The van der Waals surface area contributed by atoms with Crippen LogP contribution >= 0.6 is 11.6 Å². The van der Waals surface area contributed by atoms with Gasteiger partial charge in [-0.1, -0.05) is 23.7 Å². The van der Waals surface area contributed by atoms with E-state index in [4.69, 9.17) is 17.3 Å². The average Bonchev–Trinajstić information content (AvgIpc) is 2.34. The van der Waals surface area contributed by atoms with E-state index in [0.717, 1.165) is 23.4 Å². The standard InChI is InChI=1S/C9H10ClN/c10-7-3-1-2-6-4-5-8(11)9(6)7/h1-3,8H,4-5,11H2. The maximum atomic E-state index is 5.98. The Balaban J connectivity index is 2.58. The molecule has 1 nitrogen and oxygen atoms in total. The van der Waals surface area contributed by atoms with E-state index in [1.54, 1.807) is 0 Å². The lowest BCUT2D eigenvalue weighted by Gasteiger charge is -2.05. The van der Waals surface area contributed by atoms with Crippen LogP contribution in [0.2, 0.25) is 5.02 Å². The Bertz CT molecular complexity index is 283. The molecule has 0 aliphatic heterocycles. The number of aryl methyl sites for hydroxylation is 1. The normalized spacial score (nSPS) is 21.8. The summed E-state index contributed by atoms with van der Waals surface area (Å²) in [5.41, 5.74) is 8.35. The third kappa shape index (κ3) is 1.05. The molecule has 0 fully saturated rings. The highest BCUT2D eigenvalue weighted by Gasteiger charge is 2.20. The summed E-state index contributed by atoms with van der Waals surface area (Å²) in [7, 11) is 0. The summed E-state index contributed by atoms with van der Waals surface area (Å²) in [6.45, 7) is 0. The van der Waals surface area contributed by atoms with Crippen LogP contribution in [0, 0.1) is 0 Å². The third-order valence-electron chi connectivity index (χ3n) is 2.24. The number of hydrogen-bond donors (Lipinski definition) is 1. The Morgan fingerprint density at radius 2 is 2.27 bits per heavy atom. The topological polar surface area (TPSA) is 26.0 Å². The van der Waals surface area contributed by atoms with Gasteiger partial charge in [0.1, 0.15) is 0 Å². The summed E-state index contributed by atoms with van der Waals surface area (Å²) >= 11 is 5.98. The summed E-state index contributed by atoms with van der Waals surface area (Å²) in [4.78, 5) is 0. The van der Waals surface area contributed by atoms with E-state index >= 15 is 0 Å². The zero-order valence-corrected chi connectivity index (χ0v) is 6.93. The second kappa shape index (κ2) is 2.50. The Kier molecular flexibility index (Phi) is 1.63. The van der Waals surface area contributed by atoms with Crippen molar-refractivity contribution in [3.63, 3.8) is 0 Å². The molecule has 11 heavy (non-hydrogen) atoms. The second-order valence-electron chi connectivity index (χ2n) is 2.96. The molecule has 2 rings (SSSR count). The van der Waals surface area contributed by atoms with E-state index < -0.39 is 0 Å². The zero-order chi connectivity index (χ0) is 7.84. The van der Waals surface area contributed by atoms with E-state index in [2.05, 4.69) is 6.07 Å². The van der Waals surface area contributed by atoms with Gasteiger partial charge in [-0.2, -0.15) is 0 Å². The number of hydrogen-bond acceptors (Lipinski definition) is 1. The number of nitrogens with two attached hydrogens (primary N) is 1. The van der Waals surface area contributed by atoms with Crippen molar-refractivity contribution in [3.8, 4) is 0 Å². The van der Waals surface area contributed by atoms with Crippen LogP contribution in [0.25, 0.3) is 0 Å². The molecule has 0 amide bonds. The minimum Gasteiger partial charge on any atom is -0.324 e. The quantitative estimate of drug-likeness (QED) is 0.631. The van der Waals surface area contributed by atoms with Crippen LogP contribution < -0.4 is 5.73 Å². The van der Waals surface area contributed by atoms with Crippen molar-refractivity contribution >= 4 is 11.6 Å². The van der Waals surface area contributed by atoms with E-state index in [-0.39, 0.29) is 6.04 Å². The first kappa shape index (κ1) is 7.14. The molecule has 1 aromatic rings. The summed E-state index contributed by atoms with van der Waals surface area (Å²) < 4.78 is 0. The number of fused-ring (bicyclic) bond motifs is 1. The molecule has 1 unspecified atom stereocenters. The zero-order valence-electron chi connectivity index (χ0n) is 6.18. The third-order valence-corrected chi connectivity index (χ3v) is 2.57. The van der Waals surface area contributed by atoms with E-state index in [1.165, 1.54) is 5.56 Å². The van der Waals surface area contributed by atoms with Gasteiger partial charge in [0, 0.05) is 11.1 Å². The van der Waals surface area contributed by atoms with Crippen LogP contribution in [0.15, 0.2) is 18.2 Å². The van der Waals surface area contributed by atoms with Crippen molar-refractivity contribution < 1.29 is 0 Å². The average molecular weight is 168 g/mol. The molecule has 0 aromatic heterocycles. The fourth-order valence-corrected chi connectivity index (χ4v) is 2.00. The first-order chi connectivity index (χ1) is 5.29. The molecule has 1 aliphatic rings. The fourth-order valence-electron chi connectivity index (χ4n) is 1.67. The Morgan fingerprint density at radius 3 is 3.00 bits per heavy atom. The molecular formula is C9H10ClN. The molecule has 0 radical (unpaired) electrons. The van der Waals surface area contributed by atoms with Gasteiger partial charge in [0.05, 0.1) is 0 Å². The molecule has 0 spiro atoms. The van der Waals surface area contributed by atoms with Gasteiger partial charge in [-0.05, 0) is 30.0 Å². The Labute approximate surface area is 71.2 Å². The van der Waals surface area contributed by atoms with Crippen LogP contribution in [-0.4, -0.2) is 0 Å². The minimum absolute atomic E-state index is 0.165. The van der Waals surface area contributed by atoms with Crippen LogP contribution in [-0.2, 0) is 6.42 Å². The van der Waals surface area contributed by atoms with Crippen LogP contribution in [0.5, 0.6) is 0 Å². The van der Waals surface area contributed by atoms with Gasteiger partial charge >= 0.3 is 0 Å². The molecule has 0 saturated heterocycles. The van der Waals surface area contributed by atoms with Gasteiger partial charge in [0.2, 0.25) is 0 Å². The molecule has 0 heterocycles. The number of rotatable bonds is 0. The van der Waals surface area contributed by atoms with Gasteiger partial charge in [0.15, 0.2) is 0 Å². The molecule has 1 aromatic carbocycles. The van der Waals surface area contributed by atoms with Crippen molar-refractivity contribution in [2.24, 2.45) is 5.73 Å². The predicted octanol–water partition coefficient (Wildman–Crippen LogP) is 2.29. The molecule has 0 saturated carbocycles. The number of benzene rings is 1. The number of halogens is 1. The van der Waals surface area contributed by atoms with Crippen molar-refractivity contribution in [2.75, 3.05) is 0 Å². The first-order valence-electron chi connectivity index (χ1n) is 3.82. The van der Waals surface area contributed by atoms with E-state index in [9.17, 15) is 0 Å². The Hall–Kier alpha value is -0.530. The maximum absolute atomic E-state index is 5.98. The van der Waals surface area contributed by atoms with Gasteiger partial charge in [-0.25, -0.2) is 0 Å². The van der Waals surface area contributed by atoms with E-state index in [1.807, 2.05) is 12.1 Å². The van der Waals surface area contributed by atoms with Crippen molar-refractivity contribution in [2.45, 2.75) is 18.9 Å². The maximum Gasteiger partial charge on any atom is 0.0456 e. The lowest BCUT2D eigenvalue weighted by atomic mass is 10.1. The molecule has 1 aliphatic carbocycles. The largest absolute Gasteiger partial charge is 0.324 e. The summed E-state index contributed by atoms with van der Waals surface area (Å²) in [5, 5.41) is 0.826. The Morgan fingerprint density at radius 1 is 1.45 bits per heavy atom. The van der Waals surface area contributed by atoms with Gasteiger partial charge in [-0.3, -0.25) is 0 Å². The molecule has 0 bridgehead atoms. The van der Waals surface area contributed by atoms with Crippen LogP contribution in [0.1, 0.15) is 23.6 Å². The summed E-state index contributed by atoms with van der Waals surface area (Å²) in [6.07, 6.45) is 2.12. The van der Waals surface area contributed by atoms with Gasteiger partial charge in [0.25, 0.3) is 0 Å². The summed E-state index contributed by atoms with van der Waals surface area (Å²) in [5.74, 6) is 0. The van der Waals surface area contributed by atoms with Gasteiger partial charge < -0.3 is 5.73 Å². The molecule has 2 heteroatoms. The lowest BCUT2D eigenvalue weighted by Crippen LogP contribution is -2.05. The molecule has 58 valence electrons. The second-order valence-corrected chi connectivity index (χ2v) is 3.37. The monoisotopic (exact) mass is 167 g/mol. The van der Waals surface area contributed by atoms with Crippen molar-refractivity contribution in [3.05, 3.63) is 34.3 Å².